The summed E-state index contributed by atoms with van der Waals surface area (Å²) < 4.78 is 8.30. The highest BCUT2D eigenvalue weighted by Gasteiger charge is 2.11. The predicted molar refractivity (Wildman–Crippen MR) is 147 cm³/mol. The van der Waals surface area contributed by atoms with Gasteiger partial charge in [-0.1, -0.05) is 48.0 Å². The van der Waals surface area contributed by atoms with Gasteiger partial charge in [0.15, 0.2) is 0 Å². The number of hydrogen-bond donors (Lipinski definition) is 1. The Morgan fingerprint density at radius 3 is 2.53 bits per heavy atom. The van der Waals surface area contributed by atoms with Crippen LogP contribution in [0.25, 0.3) is 11.0 Å². The summed E-state index contributed by atoms with van der Waals surface area (Å²) >= 11 is 6.17. The first-order valence-corrected chi connectivity index (χ1v) is 13.0. The van der Waals surface area contributed by atoms with Crippen LogP contribution in [0.1, 0.15) is 41.8 Å². The third-order valence-corrected chi connectivity index (χ3v) is 6.55. The third-order valence-electron chi connectivity index (χ3n) is 6.18. The molecule has 0 atom stereocenters. The molecule has 0 fully saturated rings. The number of benzene rings is 3. The van der Waals surface area contributed by atoms with E-state index in [9.17, 15) is 4.79 Å². The number of imidazole rings is 1. The van der Waals surface area contributed by atoms with Gasteiger partial charge < -0.3 is 14.6 Å². The van der Waals surface area contributed by atoms with Gasteiger partial charge in [0.2, 0.25) is 5.91 Å². The van der Waals surface area contributed by atoms with Gasteiger partial charge in [0.05, 0.1) is 24.1 Å². The van der Waals surface area contributed by atoms with Gasteiger partial charge in [0.1, 0.15) is 11.6 Å². The summed E-state index contributed by atoms with van der Waals surface area (Å²) in [4.78, 5) is 17.2. The van der Waals surface area contributed by atoms with Gasteiger partial charge in [-0.15, -0.1) is 0 Å². The van der Waals surface area contributed by atoms with E-state index < -0.39 is 0 Å². The molecule has 1 amide bonds. The Kier molecular flexibility index (Phi) is 9.01. The maximum absolute atomic E-state index is 12.3. The van der Waals surface area contributed by atoms with Crippen molar-refractivity contribution in [2.75, 3.05) is 13.2 Å². The van der Waals surface area contributed by atoms with Crippen molar-refractivity contribution < 1.29 is 9.53 Å². The molecule has 0 saturated carbocycles. The second-order valence-corrected chi connectivity index (χ2v) is 9.68. The van der Waals surface area contributed by atoms with Gasteiger partial charge in [0.25, 0.3) is 0 Å². The number of carbonyl (C=O) groups excluding carboxylic acids is 1. The van der Waals surface area contributed by atoms with Crippen molar-refractivity contribution >= 4 is 28.5 Å². The van der Waals surface area contributed by atoms with Crippen LogP contribution in [0.4, 0.5) is 0 Å². The molecule has 0 aliphatic carbocycles. The zero-order valence-corrected chi connectivity index (χ0v) is 21.9. The number of rotatable bonds is 12. The average Bonchev–Trinajstić information content (AvgIpc) is 3.20. The molecule has 0 unspecified atom stereocenters. The van der Waals surface area contributed by atoms with Crippen molar-refractivity contribution in [1.29, 1.82) is 0 Å². The lowest BCUT2D eigenvalue weighted by Crippen LogP contribution is -2.26. The van der Waals surface area contributed by atoms with Crippen molar-refractivity contribution in [3.8, 4) is 5.75 Å². The molecule has 1 heterocycles. The van der Waals surface area contributed by atoms with E-state index in [0.717, 1.165) is 60.4 Å². The minimum Gasteiger partial charge on any atom is -0.494 e. The van der Waals surface area contributed by atoms with Gasteiger partial charge in [-0.2, -0.15) is 0 Å². The summed E-state index contributed by atoms with van der Waals surface area (Å²) in [5.41, 5.74) is 5.46. The lowest BCUT2D eigenvalue weighted by molar-refractivity contribution is -0.120. The molecule has 0 aliphatic heterocycles. The lowest BCUT2D eigenvalue weighted by Gasteiger charge is -2.11. The van der Waals surface area contributed by atoms with Crippen molar-refractivity contribution in [2.45, 2.75) is 52.5 Å². The summed E-state index contributed by atoms with van der Waals surface area (Å²) in [5.74, 6) is 1.99. The minimum atomic E-state index is -0.0135. The van der Waals surface area contributed by atoms with E-state index in [0.29, 0.717) is 24.6 Å². The molecular formula is C30H34ClN3O2. The molecule has 5 nitrogen and oxygen atoms in total. The van der Waals surface area contributed by atoms with Crippen LogP contribution in [0, 0.1) is 13.8 Å². The summed E-state index contributed by atoms with van der Waals surface area (Å²) in [6.45, 7) is 6.38. The largest absolute Gasteiger partial charge is 0.494 e. The molecule has 4 aromatic rings. The summed E-state index contributed by atoms with van der Waals surface area (Å²) in [7, 11) is 0. The van der Waals surface area contributed by atoms with E-state index in [2.05, 4.69) is 60.1 Å². The van der Waals surface area contributed by atoms with Crippen LogP contribution in [0.5, 0.6) is 5.75 Å². The monoisotopic (exact) mass is 503 g/mol. The number of hydrogen-bond acceptors (Lipinski definition) is 3. The SMILES string of the molecule is Cc1cc(C)cc(OCCCCn2c(CCCNC(=O)Cc3ccccc3Cl)nc3ccccc32)c1. The molecule has 1 aromatic heterocycles. The van der Waals surface area contributed by atoms with Crippen LogP contribution in [-0.4, -0.2) is 28.6 Å². The van der Waals surface area contributed by atoms with Gasteiger partial charge in [0, 0.05) is 24.5 Å². The normalized spacial score (nSPS) is 11.1. The number of halogens is 1. The summed E-state index contributed by atoms with van der Waals surface area (Å²) in [6, 6.07) is 22.1. The number of nitrogens with zero attached hydrogens (tertiary/aromatic N) is 2. The molecular weight excluding hydrogens is 470 g/mol. The lowest BCUT2D eigenvalue weighted by atomic mass is 10.1. The zero-order valence-electron chi connectivity index (χ0n) is 21.1. The number of para-hydroxylation sites is 2. The quantitative estimate of drug-likeness (QED) is 0.226. The highest BCUT2D eigenvalue weighted by Crippen LogP contribution is 2.20. The molecule has 36 heavy (non-hydrogen) atoms. The molecule has 6 heteroatoms. The van der Waals surface area contributed by atoms with E-state index >= 15 is 0 Å². The fourth-order valence-electron chi connectivity index (χ4n) is 4.50. The molecule has 0 radical (unpaired) electrons. The second-order valence-electron chi connectivity index (χ2n) is 9.27. The maximum atomic E-state index is 12.3. The molecule has 3 aromatic carbocycles. The fraction of sp³-hybridized carbons (Fsp3) is 0.333. The highest BCUT2D eigenvalue weighted by molar-refractivity contribution is 6.31. The molecule has 0 spiro atoms. The molecule has 0 saturated heterocycles. The Morgan fingerprint density at radius 1 is 0.972 bits per heavy atom. The first kappa shape index (κ1) is 25.8. The van der Waals surface area contributed by atoms with Crippen molar-refractivity contribution in [3.05, 3.63) is 94.3 Å². The zero-order chi connectivity index (χ0) is 25.3. The van der Waals surface area contributed by atoms with Crippen LogP contribution < -0.4 is 10.1 Å². The van der Waals surface area contributed by atoms with Crippen LogP contribution in [0.3, 0.4) is 0 Å². The fourth-order valence-corrected chi connectivity index (χ4v) is 4.70. The van der Waals surface area contributed by atoms with Crippen LogP contribution >= 0.6 is 11.6 Å². The minimum absolute atomic E-state index is 0.0135. The van der Waals surface area contributed by atoms with E-state index in [1.807, 2.05) is 30.3 Å². The van der Waals surface area contributed by atoms with Crippen LogP contribution in [-0.2, 0) is 24.2 Å². The number of ether oxygens (including phenoxy) is 1. The van der Waals surface area contributed by atoms with Crippen molar-refractivity contribution in [3.63, 3.8) is 0 Å². The molecule has 0 bridgehead atoms. The number of amides is 1. The second kappa shape index (κ2) is 12.6. The maximum Gasteiger partial charge on any atom is 0.224 e. The number of unbranched alkanes of at least 4 members (excludes halogenated alkanes) is 1. The first-order valence-electron chi connectivity index (χ1n) is 12.6. The predicted octanol–water partition coefficient (Wildman–Crippen LogP) is 6.46. The average molecular weight is 504 g/mol. The topological polar surface area (TPSA) is 56.1 Å². The van der Waals surface area contributed by atoms with E-state index in [1.54, 1.807) is 0 Å². The molecule has 4 rings (SSSR count). The smallest absolute Gasteiger partial charge is 0.224 e. The number of aryl methyl sites for hydroxylation is 4. The Labute approximate surface area is 218 Å². The van der Waals surface area contributed by atoms with E-state index in [-0.39, 0.29) is 5.91 Å². The van der Waals surface area contributed by atoms with Gasteiger partial charge >= 0.3 is 0 Å². The molecule has 1 N–H and O–H groups in total. The van der Waals surface area contributed by atoms with Crippen molar-refractivity contribution in [1.82, 2.24) is 14.9 Å². The Hall–Kier alpha value is -3.31. The number of carbonyl (C=O) groups is 1. The molecule has 0 aliphatic rings. The standard InChI is InChI=1S/C30H34ClN3O2/c1-22-18-23(2)20-25(19-22)36-17-8-7-16-34-28-13-6-5-12-27(28)33-29(34)14-9-15-32-30(35)21-24-10-3-4-11-26(24)31/h3-6,10-13,18-20H,7-9,14-17,21H2,1-2H3,(H,32,35). The van der Waals surface area contributed by atoms with Gasteiger partial charge in [-0.3, -0.25) is 4.79 Å². The van der Waals surface area contributed by atoms with Crippen LogP contribution in [0.2, 0.25) is 5.02 Å². The molecule has 188 valence electrons. The summed E-state index contributed by atoms with van der Waals surface area (Å²) in [6.07, 6.45) is 3.90. The first-order chi connectivity index (χ1) is 17.5. The number of fused-ring (bicyclic) bond motifs is 1. The third kappa shape index (κ3) is 7.11. The van der Waals surface area contributed by atoms with E-state index in [1.165, 1.54) is 11.1 Å². The van der Waals surface area contributed by atoms with E-state index in [4.69, 9.17) is 21.3 Å². The number of nitrogens with one attached hydrogen (secondary N) is 1. The van der Waals surface area contributed by atoms with Crippen LogP contribution in [0.15, 0.2) is 66.7 Å². The van der Waals surface area contributed by atoms with Gasteiger partial charge in [-0.05, 0) is 80.1 Å². The summed E-state index contributed by atoms with van der Waals surface area (Å²) in [5, 5.41) is 3.64. The Bertz CT molecular complexity index is 1290. The Balaban J connectivity index is 1.27. The Morgan fingerprint density at radius 2 is 1.72 bits per heavy atom. The number of aromatic nitrogens is 2. The highest BCUT2D eigenvalue weighted by atomic mass is 35.5. The van der Waals surface area contributed by atoms with Crippen molar-refractivity contribution in [2.24, 2.45) is 0 Å². The van der Waals surface area contributed by atoms with Gasteiger partial charge in [-0.25, -0.2) is 4.98 Å².